The van der Waals surface area contributed by atoms with Gasteiger partial charge in [-0.25, -0.2) is 4.39 Å². The Morgan fingerprint density at radius 2 is 2.26 bits per heavy atom. The summed E-state index contributed by atoms with van der Waals surface area (Å²) >= 11 is 5.82. The van der Waals surface area contributed by atoms with E-state index in [9.17, 15) is 14.3 Å². The van der Waals surface area contributed by atoms with Crippen molar-refractivity contribution in [3.8, 4) is 0 Å². The summed E-state index contributed by atoms with van der Waals surface area (Å²) < 4.78 is 18.3. The first kappa shape index (κ1) is 15.9. The Bertz CT molecular complexity index is 431. The van der Waals surface area contributed by atoms with E-state index >= 15 is 0 Å². The SMILES string of the molecule is COC[C@](C)(O)CNC(=O)Cc1c(F)cccc1Cl. The molecule has 1 aromatic rings. The van der Waals surface area contributed by atoms with Gasteiger partial charge in [0.25, 0.3) is 0 Å². The van der Waals surface area contributed by atoms with E-state index in [0.717, 1.165) is 0 Å². The van der Waals surface area contributed by atoms with Crippen molar-refractivity contribution in [1.82, 2.24) is 5.32 Å². The number of nitrogens with one attached hydrogen (secondary N) is 1. The van der Waals surface area contributed by atoms with Crippen LogP contribution in [0, 0.1) is 5.82 Å². The molecule has 1 atom stereocenters. The van der Waals surface area contributed by atoms with Crippen molar-refractivity contribution in [1.29, 1.82) is 0 Å². The van der Waals surface area contributed by atoms with Gasteiger partial charge in [-0.1, -0.05) is 17.7 Å². The maximum absolute atomic E-state index is 13.5. The van der Waals surface area contributed by atoms with Crippen LogP contribution < -0.4 is 5.32 Å². The molecule has 1 amide bonds. The lowest BCUT2D eigenvalue weighted by atomic mass is 10.1. The minimum absolute atomic E-state index is 0.0196. The standard InChI is InChI=1S/C13H17ClFNO3/c1-13(18,8-19-2)7-16-12(17)6-9-10(14)4-3-5-11(9)15/h3-5,18H,6-8H2,1-2H3,(H,16,17)/t13-/m1/s1. The largest absolute Gasteiger partial charge is 0.386 e. The van der Waals surface area contributed by atoms with Crippen LogP contribution in [0.5, 0.6) is 0 Å². The van der Waals surface area contributed by atoms with E-state index in [1.165, 1.54) is 32.2 Å². The molecule has 0 saturated carbocycles. The average molecular weight is 290 g/mol. The first-order chi connectivity index (χ1) is 8.85. The van der Waals surface area contributed by atoms with Crippen molar-refractivity contribution in [2.75, 3.05) is 20.3 Å². The van der Waals surface area contributed by atoms with Crippen LogP contribution in [0.4, 0.5) is 4.39 Å². The minimum Gasteiger partial charge on any atom is -0.386 e. The Morgan fingerprint density at radius 3 is 2.84 bits per heavy atom. The van der Waals surface area contributed by atoms with Gasteiger partial charge in [-0.3, -0.25) is 4.79 Å². The van der Waals surface area contributed by atoms with Crippen LogP contribution in [0.2, 0.25) is 5.02 Å². The molecule has 0 aliphatic heterocycles. The van der Waals surface area contributed by atoms with Gasteiger partial charge in [0, 0.05) is 24.2 Å². The molecule has 0 aromatic heterocycles. The predicted molar refractivity (Wildman–Crippen MR) is 70.6 cm³/mol. The number of hydrogen-bond acceptors (Lipinski definition) is 3. The van der Waals surface area contributed by atoms with Gasteiger partial charge in [0.2, 0.25) is 5.91 Å². The molecule has 0 aliphatic rings. The molecule has 1 aromatic carbocycles. The number of hydrogen-bond donors (Lipinski definition) is 2. The fraction of sp³-hybridized carbons (Fsp3) is 0.462. The van der Waals surface area contributed by atoms with E-state index in [0.29, 0.717) is 0 Å². The zero-order chi connectivity index (χ0) is 14.5. The smallest absolute Gasteiger partial charge is 0.224 e. The van der Waals surface area contributed by atoms with Gasteiger partial charge < -0.3 is 15.2 Å². The lowest BCUT2D eigenvalue weighted by Crippen LogP contribution is -2.44. The molecule has 0 heterocycles. The number of rotatable bonds is 6. The molecule has 2 N–H and O–H groups in total. The first-order valence-corrected chi connectivity index (χ1v) is 6.14. The highest BCUT2D eigenvalue weighted by Crippen LogP contribution is 2.19. The van der Waals surface area contributed by atoms with Crippen LogP contribution in [0.15, 0.2) is 18.2 Å². The molecule has 0 radical (unpaired) electrons. The highest BCUT2D eigenvalue weighted by molar-refractivity contribution is 6.31. The molecule has 19 heavy (non-hydrogen) atoms. The van der Waals surface area contributed by atoms with Crippen LogP contribution in [-0.4, -0.2) is 36.9 Å². The monoisotopic (exact) mass is 289 g/mol. The number of aliphatic hydroxyl groups is 1. The van der Waals surface area contributed by atoms with Crippen molar-refractivity contribution < 1.29 is 19.0 Å². The van der Waals surface area contributed by atoms with Gasteiger partial charge in [-0.15, -0.1) is 0 Å². The molecule has 0 saturated heterocycles. The Kier molecular flexibility index (Phi) is 5.72. The van der Waals surface area contributed by atoms with E-state index < -0.39 is 17.3 Å². The van der Waals surface area contributed by atoms with Crippen molar-refractivity contribution in [2.24, 2.45) is 0 Å². The van der Waals surface area contributed by atoms with Crippen molar-refractivity contribution >= 4 is 17.5 Å². The van der Waals surface area contributed by atoms with Gasteiger partial charge in [-0.2, -0.15) is 0 Å². The Labute approximate surface area is 116 Å². The third kappa shape index (κ3) is 5.14. The van der Waals surface area contributed by atoms with Crippen LogP contribution in [0.3, 0.4) is 0 Å². The zero-order valence-corrected chi connectivity index (χ0v) is 11.6. The molecule has 106 valence electrons. The summed E-state index contributed by atoms with van der Waals surface area (Å²) in [6.45, 7) is 1.65. The van der Waals surface area contributed by atoms with Gasteiger partial charge in [0.05, 0.1) is 13.0 Å². The van der Waals surface area contributed by atoms with Crippen LogP contribution in [0.25, 0.3) is 0 Å². The van der Waals surface area contributed by atoms with Crippen LogP contribution >= 0.6 is 11.6 Å². The van der Waals surface area contributed by atoms with E-state index in [4.69, 9.17) is 16.3 Å². The normalized spacial score (nSPS) is 13.9. The summed E-state index contributed by atoms with van der Waals surface area (Å²) in [6.07, 6.45) is -0.172. The van der Waals surface area contributed by atoms with Gasteiger partial charge in [0.1, 0.15) is 11.4 Å². The Hall–Kier alpha value is -1.17. The van der Waals surface area contributed by atoms with Gasteiger partial charge >= 0.3 is 0 Å². The van der Waals surface area contributed by atoms with Gasteiger partial charge in [-0.05, 0) is 19.1 Å². The zero-order valence-electron chi connectivity index (χ0n) is 10.9. The third-order valence-electron chi connectivity index (χ3n) is 2.52. The molecule has 0 unspecified atom stereocenters. The number of carbonyl (C=O) groups excluding carboxylic acids is 1. The lowest BCUT2D eigenvalue weighted by Gasteiger charge is -2.22. The molecule has 4 nitrogen and oxygen atoms in total. The molecular weight excluding hydrogens is 273 g/mol. The van der Waals surface area contributed by atoms with Crippen molar-refractivity contribution in [3.05, 3.63) is 34.6 Å². The summed E-state index contributed by atoms with van der Waals surface area (Å²) in [5.41, 5.74) is -1.02. The summed E-state index contributed by atoms with van der Waals surface area (Å²) in [6, 6.07) is 4.24. The Balaban J connectivity index is 2.57. The van der Waals surface area contributed by atoms with Gasteiger partial charge in [0.15, 0.2) is 0 Å². The van der Waals surface area contributed by atoms with E-state index in [2.05, 4.69) is 5.32 Å². The first-order valence-electron chi connectivity index (χ1n) is 5.76. The molecule has 0 bridgehead atoms. The molecule has 0 aliphatic carbocycles. The van der Waals surface area contributed by atoms with Crippen LogP contribution in [-0.2, 0) is 16.0 Å². The van der Waals surface area contributed by atoms with Crippen molar-refractivity contribution in [3.63, 3.8) is 0 Å². The highest BCUT2D eigenvalue weighted by Gasteiger charge is 2.21. The van der Waals surface area contributed by atoms with Crippen LogP contribution in [0.1, 0.15) is 12.5 Å². The summed E-state index contributed by atoms with van der Waals surface area (Å²) in [4.78, 5) is 11.7. The molecular formula is C13H17ClFNO3. The minimum atomic E-state index is -1.16. The summed E-state index contributed by atoms with van der Waals surface area (Å²) in [7, 11) is 1.45. The second kappa shape index (κ2) is 6.84. The fourth-order valence-electron chi connectivity index (χ4n) is 1.58. The quantitative estimate of drug-likeness (QED) is 0.835. The highest BCUT2D eigenvalue weighted by atomic mass is 35.5. The fourth-order valence-corrected chi connectivity index (χ4v) is 1.81. The average Bonchev–Trinajstić information content (AvgIpc) is 2.32. The number of amides is 1. The second-order valence-corrected chi connectivity index (χ2v) is 4.99. The van der Waals surface area contributed by atoms with E-state index in [1.54, 1.807) is 0 Å². The number of ether oxygens (including phenoxy) is 1. The molecule has 6 heteroatoms. The summed E-state index contributed by atoms with van der Waals surface area (Å²) in [5, 5.41) is 12.5. The number of benzene rings is 1. The number of carbonyl (C=O) groups is 1. The summed E-state index contributed by atoms with van der Waals surface area (Å²) in [5.74, 6) is -0.935. The Morgan fingerprint density at radius 1 is 1.58 bits per heavy atom. The van der Waals surface area contributed by atoms with E-state index in [-0.39, 0.29) is 30.2 Å². The number of halogens is 2. The molecule has 1 rings (SSSR count). The number of methoxy groups -OCH3 is 1. The van der Waals surface area contributed by atoms with E-state index in [1.807, 2.05) is 0 Å². The lowest BCUT2D eigenvalue weighted by molar-refractivity contribution is -0.122. The topological polar surface area (TPSA) is 58.6 Å². The third-order valence-corrected chi connectivity index (χ3v) is 2.87. The van der Waals surface area contributed by atoms with Crippen molar-refractivity contribution in [2.45, 2.75) is 18.9 Å². The second-order valence-electron chi connectivity index (χ2n) is 4.58. The molecule has 0 spiro atoms. The maximum atomic E-state index is 13.5. The maximum Gasteiger partial charge on any atom is 0.224 e. The predicted octanol–water partition coefficient (Wildman–Crippen LogP) is 1.54. The molecule has 0 fully saturated rings.